The van der Waals surface area contributed by atoms with Gasteiger partial charge in [-0.15, -0.1) is 29.3 Å². The number of carbonyl (C=O) groups is 2. The molecule has 5 nitrogen and oxygen atoms in total. The molecule has 0 aliphatic rings. The zero-order chi connectivity index (χ0) is 40.0. The van der Waals surface area contributed by atoms with Crippen molar-refractivity contribution in [2.24, 2.45) is 4.99 Å². The Hall–Kier alpha value is -3.50. The summed E-state index contributed by atoms with van der Waals surface area (Å²) < 4.78 is 0. The molecule has 3 rings (SSSR count). The molecule has 0 fully saturated rings. The van der Waals surface area contributed by atoms with Gasteiger partial charge in [0.2, 0.25) is 0 Å². The van der Waals surface area contributed by atoms with Crippen LogP contribution in [0.3, 0.4) is 0 Å². The Bertz CT molecular complexity index is 1520. The van der Waals surface area contributed by atoms with E-state index in [4.69, 9.17) is 26.0 Å². The molecule has 56 heavy (non-hydrogen) atoms. The Morgan fingerprint density at radius 2 is 1.11 bits per heavy atom. The van der Waals surface area contributed by atoms with Crippen LogP contribution >= 0.6 is 0 Å². The second kappa shape index (κ2) is 34.7. The summed E-state index contributed by atoms with van der Waals surface area (Å²) in [7, 11) is 0. The number of aliphatic imine (C=N–C) groups is 1. The average Bonchev–Trinajstić information content (AvgIpc) is 3.17. The van der Waals surface area contributed by atoms with Gasteiger partial charge < -0.3 is 33.5 Å². The molecule has 3 aromatic carbocycles. The van der Waals surface area contributed by atoms with E-state index in [1.807, 2.05) is 0 Å². The van der Waals surface area contributed by atoms with Crippen LogP contribution in [0.5, 0.6) is 0 Å². The maximum absolute atomic E-state index is 8.47. The predicted molar refractivity (Wildman–Crippen MR) is 241 cm³/mol. The largest absolute Gasteiger partial charge is 0.671 e. The molecule has 3 aromatic rings. The Labute approximate surface area is 353 Å². The average molecular weight is 809 g/mol. The second-order valence-electron chi connectivity index (χ2n) is 14.3. The fourth-order valence-electron chi connectivity index (χ4n) is 7.03. The van der Waals surface area contributed by atoms with E-state index in [1.54, 1.807) is 5.56 Å². The van der Waals surface area contributed by atoms with Gasteiger partial charge >= 0.3 is 0 Å². The molecule has 0 heterocycles. The number of rotatable bonds is 23. The number of allylic oxidation sites excluding steroid dienone is 1. The van der Waals surface area contributed by atoms with Crippen molar-refractivity contribution >= 4 is 24.2 Å². The third kappa shape index (κ3) is 21.1. The summed E-state index contributed by atoms with van der Waals surface area (Å²) in [6, 6.07) is 20.7. The van der Waals surface area contributed by atoms with E-state index in [2.05, 4.69) is 109 Å². The number of benzene rings is 3. The molecule has 2 amide bonds. The van der Waals surface area contributed by atoms with Crippen molar-refractivity contribution in [1.29, 1.82) is 0 Å². The third-order valence-electron chi connectivity index (χ3n) is 10.1. The molecule has 0 radical (unpaired) electrons. The van der Waals surface area contributed by atoms with Crippen LogP contribution in [-0.4, -0.2) is 18.5 Å². The van der Waals surface area contributed by atoms with E-state index in [9.17, 15) is 0 Å². The van der Waals surface area contributed by atoms with Crippen molar-refractivity contribution in [3.8, 4) is 11.1 Å². The minimum absolute atomic E-state index is 0. The summed E-state index contributed by atoms with van der Waals surface area (Å²) in [6.07, 6.45) is 27.4. The maximum atomic E-state index is 8.47. The Kier molecular flexibility index (Phi) is 33.9. The SMILES string of the molecule is CCCCCCCCc1cc([C-]=C(C)C(CC)=Nc2cc(CCCC)c(C)c(CCCCCC)c2)cc(-c2ccccc2)c1CCCC.[CH3-].[NH-]C=O.[NH-]C=O.[Ni]. The van der Waals surface area contributed by atoms with Gasteiger partial charge in [0.05, 0.1) is 5.69 Å². The minimum atomic E-state index is 0. The minimum Gasteiger partial charge on any atom is -0.671 e. The van der Waals surface area contributed by atoms with Gasteiger partial charge in [-0.05, 0) is 98.4 Å². The molecule has 0 atom stereocenters. The molecule has 0 saturated heterocycles. The first-order valence-electron chi connectivity index (χ1n) is 21.0. The van der Waals surface area contributed by atoms with E-state index in [0.29, 0.717) is 0 Å². The van der Waals surface area contributed by atoms with Gasteiger partial charge in [-0.25, -0.2) is 0 Å². The fourth-order valence-corrected chi connectivity index (χ4v) is 7.03. The van der Waals surface area contributed by atoms with Crippen molar-refractivity contribution in [2.45, 2.75) is 170 Å². The van der Waals surface area contributed by atoms with Gasteiger partial charge in [-0.1, -0.05) is 159 Å². The van der Waals surface area contributed by atoms with Gasteiger partial charge in [0.1, 0.15) is 0 Å². The number of aryl methyl sites for hydroxylation is 3. The van der Waals surface area contributed by atoms with Crippen molar-refractivity contribution < 1.29 is 26.1 Å². The first kappa shape index (κ1) is 54.6. The standard InChI is InChI=1S/C47H68N.2CH3NO.CH3.Ni/c1-8-13-17-19-20-23-30-43-33-39(34-46(45(43)31-16-11-4)40-27-24-21-25-28-40)32-37(6)47(12-5)48-44-35-41(26-15-10-3)38(7)42(36-44)29-22-18-14-9-2;2*2-1-3;;/h21,24-25,27-28,33-36H,8-20,22-23,26,29-31H2,1-7H3;2*1H,(H2,2,3);1H3;/q-1;;;-1;/p-2. The molecular weight excluding hydrogens is 733 g/mol. The number of carbonyl (C=O) groups excluding carboxylic acids is 2. The molecule has 0 bridgehead atoms. The van der Waals surface area contributed by atoms with Crippen LogP contribution in [0.25, 0.3) is 22.6 Å². The molecule has 0 spiro atoms. The quantitative estimate of drug-likeness (QED) is 0.0314. The van der Waals surface area contributed by atoms with E-state index in [0.717, 1.165) is 49.1 Å². The molecule has 0 saturated carbocycles. The van der Waals surface area contributed by atoms with E-state index in [1.165, 1.54) is 129 Å². The van der Waals surface area contributed by atoms with Crippen molar-refractivity contribution in [3.05, 3.63) is 119 Å². The van der Waals surface area contributed by atoms with Crippen molar-refractivity contribution in [2.75, 3.05) is 0 Å². The van der Waals surface area contributed by atoms with Crippen molar-refractivity contribution in [1.82, 2.24) is 0 Å². The van der Waals surface area contributed by atoms with Crippen LogP contribution < -0.4 is 0 Å². The molecule has 2 N–H and O–H groups in total. The van der Waals surface area contributed by atoms with Gasteiger partial charge in [-0.2, -0.15) is 0 Å². The molecule has 0 aromatic heterocycles. The first-order valence-corrected chi connectivity index (χ1v) is 21.0. The van der Waals surface area contributed by atoms with Crippen molar-refractivity contribution in [3.63, 3.8) is 0 Å². The summed E-state index contributed by atoms with van der Waals surface area (Å²) >= 11 is 0. The maximum Gasteiger partial charge on any atom is 0.0525 e. The second-order valence-corrected chi connectivity index (χ2v) is 14.3. The Balaban J connectivity index is 0. The van der Waals surface area contributed by atoms with Crippen LogP contribution in [0.15, 0.2) is 65.2 Å². The van der Waals surface area contributed by atoms with Gasteiger partial charge in [-0.3, -0.25) is 0 Å². The van der Waals surface area contributed by atoms with E-state index >= 15 is 0 Å². The van der Waals surface area contributed by atoms with Crippen LogP contribution in [0, 0.1) is 20.4 Å². The predicted octanol–water partition coefficient (Wildman–Crippen LogP) is 15.5. The normalized spacial score (nSPS) is 10.9. The smallest absolute Gasteiger partial charge is 0.0525 e. The summed E-state index contributed by atoms with van der Waals surface area (Å²) in [4.78, 5) is 22.3. The Morgan fingerprint density at radius 1 is 0.643 bits per heavy atom. The van der Waals surface area contributed by atoms with Crippen LogP contribution in [0.4, 0.5) is 5.69 Å². The van der Waals surface area contributed by atoms with Gasteiger partial charge in [0.25, 0.3) is 0 Å². The van der Waals surface area contributed by atoms with Gasteiger partial charge in [0, 0.05) is 29.3 Å². The zero-order valence-corrected chi connectivity index (χ0v) is 37.4. The van der Waals surface area contributed by atoms with E-state index < -0.39 is 0 Å². The number of nitrogens with one attached hydrogen (secondary N) is 2. The summed E-state index contributed by atoms with van der Waals surface area (Å²) in [5.74, 6) is 0. The van der Waals surface area contributed by atoms with E-state index in [-0.39, 0.29) is 36.7 Å². The van der Waals surface area contributed by atoms with Crippen LogP contribution in [0.2, 0.25) is 0 Å². The number of hydrogen-bond acceptors (Lipinski definition) is 3. The van der Waals surface area contributed by atoms with Crippen LogP contribution in [0.1, 0.15) is 171 Å². The number of hydrogen-bond donors (Lipinski definition) is 0. The third-order valence-corrected chi connectivity index (χ3v) is 10.1. The topological polar surface area (TPSA) is 94.1 Å². The summed E-state index contributed by atoms with van der Waals surface area (Å²) in [5.41, 5.74) is 25.9. The monoisotopic (exact) mass is 808 g/mol. The Morgan fingerprint density at radius 3 is 1.64 bits per heavy atom. The molecule has 0 unspecified atom stereocenters. The molecule has 0 aliphatic heterocycles. The molecular formula is C50H75N3NiO2-4. The first-order chi connectivity index (χ1) is 26.3. The van der Waals surface area contributed by atoms with Gasteiger partial charge in [0.15, 0.2) is 0 Å². The number of amides is 2. The van der Waals surface area contributed by atoms with Crippen LogP contribution in [-0.2, 0) is 51.8 Å². The molecule has 316 valence electrons. The fraction of sp³-hybridized carbons (Fsp3) is 0.520. The number of nitrogens with zero attached hydrogens (tertiary/aromatic N) is 1. The summed E-state index contributed by atoms with van der Waals surface area (Å²) in [5, 5.41) is 0. The summed E-state index contributed by atoms with van der Waals surface area (Å²) in [6.45, 7) is 16.0. The zero-order valence-electron chi connectivity index (χ0n) is 36.4. The number of unbranched alkanes of at least 4 members (excludes halogenated alkanes) is 10. The molecule has 0 aliphatic carbocycles. The molecule has 6 heteroatoms.